The highest BCUT2D eigenvalue weighted by molar-refractivity contribution is 5.94. The van der Waals surface area contributed by atoms with E-state index in [-0.39, 0.29) is 48.8 Å². The van der Waals surface area contributed by atoms with Crippen LogP contribution in [0.4, 0.5) is 33.9 Å². The van der Waals surface area contributed by atoms with Crippen LogP contribution in [0.1, 0.15) is 57.8 Å². The molecule has 300 valence electrons. The van der Waals surface area contributed by atoms with E-state index in [1.165, 1.54) is 29.2 Å². The predicted octanol–water partition coefficient (Wildman–Crippen LogP) is 9.34. The van der Waals surface area contributed by atoms with E-state index in [9.17, 15) is 27.2 Å². The second-order valence-electron chi connectivity index (χ2n) is 15.5. The molecule has 59 heavy (non-hydrogen) atoms. The number of β-lactam (4-membered cyclic amide) rings is 1. The Balaban J connectivity index is 1.06. The first-order chi connectivity index (χ1) is 28.6. The van der Waals surface area contributed by atoms with E-state index in [0.29, 0.717) is 37.2 Å². The number of amides is 3. The Morgan fingerprint density at radius 1 is 0.729 bits per heavy atom. The lowest BCUT2D eigenvalue weighted by molar-refractivity contribution is -0.153. The third-order valence-electron chi connectivity index (χ3n) is 12.1. The molecule has 2 saturated heterocycles. The summed E-state index contributed by atoms with van der Waals surface area (Å²) in [6.45, 7) is 2.94. The fourth-order valence-electron chi connectivity index (χ4n) is 9.29. The van der Waals surface area contributed by atoms with Gasteiger partial charge in [0.15, 0.2) is 5.82 Å². The highest BCUT2D eigenvalue weighted by atomic mass is 19.4. The van der Waals surface area contributed by atoms with Crippen LogP contribution < -0.4 is 9.80 Å². The van der Waals surface area contributed by atoms with Crippen molar-refractivity contribution in [3.63, 3.8) is 0 Å². The Hall–Kier alpha value is -6.43. The maximum atomic E-state index is 14.9. The summed E-state index contributed by atoms with van der Waals surface area (Å²) in [5.74, 6) is -0.259. The summed E-state index contributed by atoms with van der Waals surface area (Å²) < 4.78 is 59.4. The number of carbonyl (C=O) groups is 2. The van der Waals surface area contributed by atoms with E-state index < -0.39 is 29.4 Å². The Morgan fingerprint density at radius 2 is 1.31 bits per heavy atom. The highest BCUT2D eigenvalue weighted by Crippen LogP contribution is 2.48. The highest BCUT2D eigenvalue weighted by Gasteiger charge is 2.54. The first kappa shape index (κ1) is 38.1. The molecule has 12 heteroatoms. The number of urea groups is 1. The number of likely N-dealkylation sites (tertiary alicyclic amines) is 1. The van der Waals surface area contributed by atoms with E-state index in [0.717, 1.165) is 28.3 Å². The average molecular weight is 799 g/mol. The third-order valence-corrected chi connectivity index (χ3v) is 12.1. The van der Waals surface area contributed by atoms with Crippen LogP contribution in [0, 0.1) is 12.7 Å². The van der Waals surface area contributed by atoms with E-state index in [1.807, 2.05) is 114 Å². The number of carbonyl (C=O) groups excluding carboxylic acids is 2. The van der Waals surface area contributed by atoms with Gasteiger partial charge in [0.1, 0.15) is 17.4 Å². The van der Waals surface area contributed by atoms with Gasteiger partial charge < -0.3 is 14.7 Å². The van der Waals surface area contributed by atoms with Crippen molar-refractivity contribution in [3.8, 4) is 0 Å². The van der Waals surface area contributed by atoms with Gasteiger partial charge in [-0.2, -0.15) is 18.3 Å². The SMILES string of the molecule is Cc1cccc(F)c1N1CCC(N2Cc3cn(C4CN(C(c5ccccc5)(c5ccccc5)c5ccccc5)C4=O)nc3N(Cc3ccccc3C(F)(F)F)C2=O)CC1. The number of fused-ring (bicyclic) bond motifs is 1. The molecule has 1 unspecified atom stereocenters. The molecule has 4 heterocycles. The zero-order valence-corrected chi connectivity index (χ0v) is 32.4. The number of hydrogen-bond donors (Lipinski definition) is 0. The molecule has 8 nitrogen and oxygen atoms in total. The first-order valence-electron chi connectivity index (χ1n) is 19.8. The molecule has 0 saturated carbocycles. The van der Waals surface area contributed by atoms with Gasteiger partial charge in [-0.25, -0.2) is 9.18 Å². The normalized spacial score (nSPS) is 17.6. The summed E-state index contributed by atoms with van der Waals surface area (Å²) in [5, 5.41) is 4.84. The smallest absolute Gasteiger partial charge is 0.369 e. The molecule has 3 aliphatic heterocycles. The van der Waals surface area contributed by atoms with Crippen molar-refractivity contribution in [2.75, 3.05) is 29.4 Å². The minimum atomic E-state index is -4.64. The van der Waals surface area contributed by atoms with Crippen molar-refractivity contribution in [2.24, 2.45) is 0 Å². The van der Waals surface area contributed by atoms with Crippen LogP contribution in [0.15, 0.2) is 140 Å². The predicted molar refractivity (Wildman–Crippen MR) is 217 cm³/mol. The number of alkyl halides is 3. The van der Waals surface area contributed by atoms with Crippen LogP contribution in [0.2, 0.25) is 0 Å². The molecular formula is C47H42F4N6O2. The number of benzene rings is 5. The average Bonchev–Trinajstić information content (AvgIpc) is 3.67. The van der Waals surface area contributed by atoms with Crippen LogP contribution in [-0.4, -0.2) is 57.2 Å². The van der Waals surface area contributed by atoms with Gasteiger partial charge in [0.25, 0.3) is 5.91 Å². The number of hydrogen-bond acceptors (Lipinski definition) is 4. The zero-order valence-electron chi connectivity index (χ0n) is 32.4. The lowest BCUT2D eigenvalue weighted by Gasteiger charge is -2.52. The van der Waals surface area contributed by atoms with E-state index in [1.54, 1.807) is 21.8 Å². The molecule has 3 amide bonds. The standard InChI is InChI=1S/C47H42F4N6O2/c1-32-14-13-23-40(48)42(32)53-26-24-38(25-27-53)54-29-34-30-57(52-43(34)55(45(54)59)28-33-15-11-12-22-39(33)47(49,50)51)41-31-56(44(41)58)46(35-16-5-2-6-17-35,36-18-7-3-8-19-36)37-20-9-4-10-21-37/h2-23,30,38,41H,24-29,31H2,1H3. The van der Waals surface area contributed by atoms with Crippen LogP contribution in [0.5, 0.6) is 0 Å². The van der Waals surface area contributed by atoms with Crippen LogP contribution in [0.3, 0.4) is 0 Å². The van der Waals surface area contributed by atoms with Crippen molar-refractivity contribution in [1.82, 2.24) is 19.6 Å². The number of rotatable bonds is 9. The third kappa shape index (κ3) is 6.60. The number of para-hydroxylation sites is 1. The van der Waals surface area contributed by atoms with Gasteiger partial charge >= 0.3 is 12.2 Å². The van der Waals surface area contributed by atoms with Gasteiger partial charge in [-0.05, 0) is 59.7 Å². The Kier molecular flexibility index (Phi) is 9.73. The Bertz CT molecular complexity index is 2370. The van der Waals surface area contributed by atoms with Gasteiger partial charge in [-0.1, -0.05) is 121 Å². The summed E-state index contributed by atoms with van der Waals surface area (Å²) in [5.41, 5.74) is 2.87. The Labute approximate surface area is 339 Å². The van der Waals surface area contributed by atoms with Crippen molar-refractivity contribution < 1.29 is 27.2 Å². The number of anilines is 2. The number of nitrogens with zero attached hydrogens (tertiary/aromatic N) is 6. The second-order valence-corrected chi connectivity index (χ2v) is 15.5. The Morgan fingerprint density at radius 3 is 1.86 bits per heavy atom. The summed E-state index contributed by atoms with van der Waals surface area (Å²) in [7, 11) is 0. The van der Waals surface area contributed by atoms with E-state index >= 15 is 0 Å². The molecule has 2 fully saturated rings. The van der Waals surface area contributed by atoms with E-state index in [2.05, 4.69) is 0 Å². The molecule has 3 aliphatic rings. The molecule has 0 aliphatic carbocycles. The zero-order chi connectivity index (χ0) is 40.9. The number of halogens is 4. The molecule has 6 aromatic rings. The van der Waals surface area contributed by atoms with Crippen molar-refractivity contribution >= 4 is 23.4 Å². The van der Waals surface area contributed by atoms with Crippen molar-refractivity contribution in [1.29, 1.82) is 0 Å². The van der Waals surface area contributed by atoms with Gasteiger partial charge in [0.05, 0.1) is 30.9 Å². The lowest BCUT2D eigenvalue weighted by Crippen LogP contribution is -2.63. The summed E-state index contributed by atoms with van der Waals surface area (Å²) in [6.07, 6.45) is -1.80. The molecule has 5 aromatic carbocycles. The monoisotopic (exact) mass is 798 g/mol. The largest absolute Gasteiger partial charge is 0.416 e. The fraction of sp³-hybridized carbons (Fsp3) is 0.255. The summed E-state index contributed by atoms with van der Waals surface area (Å²) in [6, 6.07) is 38.5. The molecule has 1 aromatic heterocycles. The van der Waals surface area contributed by atoms with E-state index in [4.69, 9.17) is 5.10 Å². The van der Waals surface area contributed by atoms with Gasteiger partial charge in [-0.3, -0.25) is 14.4 Å². The van der Waals surface area contributed by atoms with Crippen LogP contribution >= 0.6 is 0 Å². The maximum Gasteiger partial charge on any atom is 0.416 e. The van der Waals surface area contributed by atoms with Crippen molar-refractivity contribution in [3.05, 3.63) is 184 Å². The molecule has 1 atom stereocenters. The van der Waals surface area contributed by atoms with Gasteiger partial charge in [0, 0.05) is 30.9 Å². The molecule has 0 spiro atoms. The molecule has 0 N–H and O–H groups in total. The fourth-order valence-corrected chi connectivity index (χ4v) is 9.29. The van der Waals surface area contributed by atoms with Crippen molar-refractivity contribution in [2.45, 2.75) is 56.7 Å². The molecular weight excluding hydrogens is 757 g/mol. The van der Waals surface area contributed by atoms with Crippen LogP contribution in [0.25, 0.3) is 0 Å². The quantitative estimate of drug-likeness (QED) is 0.0832. The van der Waals surface area contributed by atoms with Gasteiger partial charge in [0.2, 0.25) is 0 Å². The molecule has 0 radical (unpaired) electrons. The summed E-state index contributed by atoms with van der Waals surface area (Å²) >= 11 is 0. The molecule has 0 bridgehead atoms. The second kappa shape index (κ2) is 15.1. The van der Waals surface area contributed by atoms with Crippen LogP contribution in [-0.2, 0) is 29.6 Å². The first-order valence-corrected chi connectivity index (χ1v) is 19.8. The number of piperidine rings is 1. The van der Waals surface area contributed by atoms with Gasteiger partial charge in [-0.15, -0.1) is 0 Å². The minimum absolute atomic E-state index is 0.0650. The lowest BCUT2D eigenvalue weighted by atomic mass is 9.73. The minimum Gasteiger partial charge on any atom is -0.369 e. The number of aromatic nitrogens is 2. The number of aryl methyl sites for hydroxylation is 1. The summed E-state index contributed by atoms with van der Waals surface area (Å²) in [4.78, 5) is 36.2. The topological polar surface area (TPSA) is 64.9 Å². The maximum absolute atomic E-state index is 14.9. The molecule has 9 rings (SSSR count).